The first-order valence-corrected chi connectivity index (χ1v) is 22.9. The molecule has 0 saturated carbocycles. The van der Waals surface area contributed by atoms with Crippen molar-refractivity contribution in [3.8, 4) is 0 Å². The number of allylic oxidation sites excluding steroid dienone is 8. The van der Waals surface area contributed by atoms with Gasteiger partial charge in [-0.1, -0.05) is 103 Å². The topological polar surface area (TPSA) is 103 Å². The van der Waals surface area contributed by atoms with Crippen LogP contribution < -0.4 is 9.80 Å². The van der Waals surface area contributed by atoms with Crippen molar-refractivity contribution < 1.29 is 32.2 Å². The molecule has 7 rings (SSSR count). The Morgan fingerprint density at radius 2 is 1.45 bits per heavy atom. The van der Waals surface area contributed by atoms with Crippen molar-refractivity contribution in [3.63, 3.8) is 0 Å². The minimum Gasteiger partial charge on any atom is -0.344 e. The summed E-state index contributed by atoms with van der Waals surface area (Å²) in [5.41, 5.74) is 13.8. The summed E-state index contributed by atoms with van der Waals surface area (Å²) in [4.78, 5) is 4.52. The summed E-state index contributed by atoms with van der Waals surface area (Å²) >= 11 is 1.07. The molecule has 0 amide bonds. The molecule has 4 aromatic rings. The third kappa shape index (κ3) is 9.02. The quantitative estimate of drug-likeness (QED) is 0.0285. The summed E-state index contributed by atoms with van der Waals surface area (Å²) in [5.74, 6) is 0.331. The summed E-state index contributed by atoms with van der Waals surface area (Å²) in [6.07, 6.45) is 14.3. The number of hydrogen-bond acceptors (Lipinski definition) is 8. The van der Waals surface area contributed by atoms with Gasteiger partial charge in [0.2, 0.25) is 5.69 Å². The van der Waals surface area contributed by atoms with Gasteiger partial charge >= 0.3 is 0 Å². The number of aryl methyl sites for hydroxylation is 2. The molecule has 3 aliphatic rings. The molecule has 60 heavy (non-hydrogen) atoms. The SMILES string of the molecule is Cc1ccc2c(c1)C(C)(C)C(/C=C/C1=C(N(c3ccccc3)c3ccccc3)C(=C/C=C3/N(CCCS(=O)(=O)O)c4ccc(C)cc4C3(C)C)/C=C1)=[N+]2CCCSOOO. The molecule has 1 aliphatic carbocycles. The van der Waals surface area contributed by atoms with Gasteiger partial charge in [-0.25, -0.2) is 5.26 Å². The molecule has 9 nitrogen and oxygen atoms in total. The van der Waals surface area contributed by atoms with Crippen LogP contribution >= 0.6 is 12.0 Å². The van der Waals surface area contributed by atoms with Crippen molar-refractivity contribution in [1.82, 2.24) is 0 Å². The Morgan fingerprint density at radius 3 is 2.10 bits per heavy atom. The van der Waals surface area contributed by atoms with Gasteiger partial charge in [0.05, 0.1) is 16.9 Å². The highest BCUT2D eigenvalue weighted by molar-refractivity contribution is 7.94. The molecular formula is C49H54N3O6S2+. The molecule has 312 valence electrons. The molecule has 0 fully saturated rings. The third-order valence-electron chi connectivity index (χ3n) is 11.6. The zero-order valence-electron chi connectivity index (χ0n) is 35.1. The minimum atomic E-state index is -4.10. The van der Waals surface area contributed by atoms with Crippen LogP contribution in [0.2, 0.25) is 0 Å². The van der Waals surface area contributed by atoms with E-state index < -0.39 is 10.1 Å². The van der Waals surface area contributed by atoms with Gasteiger partial charge in [0.1, 0.15) is 6.54 Å². The lowest BCUT2D eigenvalue weighted by Crippen LogP contribution is -2.28. The average molecular weight is 845 g/mol. The summed E-state index contributed by atoms with van der Waals surface area (Å²) in [6, 6.07) is 33.9. The standard InChI is InChI=1S/C49H53N3O6S2/c1-35-19-25-43-41(33-35)48(3,4)45(50(43)29-13-31-59-58-57-53)27-23-37-21-22-38(47(37)52(39-15-9-7-10-16-39)40-17-11-8-12-18-40)24-28-46-49(5,6)42-34-36(2)20-26-44(42)51(46)30-14-32-60(54,55)56/h7-12,15-28,33-34H,13-14,29-32H2,1-6H3,(H-,53,54,55,56)/p+1. The van der Waals surface area contributed by atoms with E-state index in [9.17, 15) is 13.0 Å². The second-order valence-electron chi connectivity index (χ2n) is 16.6. The van der Waals surface area contributed by atoms with Crippen LogP contribution in [-0.2, 0) is 30.3 Å². The van der Waals surface area contributed by atoms with Crippen LogP contribution in [-0.4, -0.2) is 53.1 Å². The van der Waals surface area contributed by atoms with Gasteiger partial charge in [-0.3, -0.25) is 4.55 Å². The highest BCUT2D eigenvalue weighted by atomic mass is 32.2. The molecule has 2 N–H and O–H groups in total. The first-order chi connectivity index (χ1) is 28.7. The molecule has 4 aromatic carbocycles. The largest absolute Gasteiger partial charge is 0.344 e. The van der Waals surface area contributed by atoms with Crippen LogP contribution in [0.3, 0.4) is 0 Å². The molecule has 0 unspecified atom stereocenters. The van der Waals surface area contributed by atoms with Crippen LogP contribution in [0.5, 0.6) is 0 Å². The van der Waals surface area contributed by atoms with Crippen molar-refractivity contribution in [1.29, 1.82) is 0 Å². The van der Waals surface area contributed by atoms with Crippen LogP contribution in [0.25, 0.3) is 0 Å². The van der Waals surface area contributed by atoms with Crippen molar-refractivity contribution >= 4 is 50.6 Å². The summed E-state index contributed by atoms with van der Waals surface area (Å²) in [7, 11) is -4.10. The molecule has 0 radical (unpaired) electrons. The summed E-state index contributed by atoms with van der Waals surface area (Å²) < 4.78 is 40.2. The second kappa shape index (κ2) is 17.9. The molecule has 2 aliphatic heterocycles. The predicted molar refractivity (Wildman–Crippen MR) is 245 cm³/mol. The van der Waals surface area contributed by atoms with Gasteiger partial charge in [0.25, 0.3) is 10.1 Å². The van der Waals surface area contributed by atoms with E-state index in [4.69, 9.17) is 5.26 Å². The number of benzene rings is 4. The maximum atomic E-state index is 11.8. The highest BCUT2D eigenvalue weighted by Crippen LogP contribution is 2.49. The molecule has 0 saturated heterocycles. The maximum Gasteiger partial charge on any atom is 0.264 e. The van der Waals surface area contributed by atoms with Gasteiger partial charge < -0.3 is 9.80 Å². The Kier molecular flexibility index (Phi) is 12.9. The number of anilines is 3. The van der Waals surface area contributed by atoms with Gasteiger partial charge in [-0.2, -0.15) is 13.0 Å². The van der Waals surface area contributed by atoms with E-state index in [2.05, 4.69) is 187 Å². The van der Waals surface area contributed by atoms with Crippen molar-refractivity contribution in [2.24, 2.45) is 0 Å². The predicted octanol–water partition coefficient (Wildman–Crippen LogP) is 11.2. The van der Waals surface area contributed by atoms with Crippen LogP contribution in [0, 0.1) is 13.8 Å². The summed E-state index contributed by atoms with van der Waals surface area (Å²) in [6.45, 7) is 14.4. The number of hydrogen-bond donors (Lipinski definition) is 2. The maximum absolute atomic E-state index is 11.8. The zero-order valence-corrected chi connectivity index (χ0v) is 36.8. The van der Waals surface area contributed by atoms with Crippen LogP contribution in [0.4, 0.5) is 22.7 Å². The van der Waals surface area contributed by atoms with E-state index in [1.54, 1.807) is 0 Å². The fraction of sp³-hybridized carbons (Fsp3) is 0.286. The number of rotatable bonds is 16. The molecule has 2 heterocycles. The Labute approximate surface area is 359 Å². The number of para-hydroxylation sites is 2. The Balaban J connectivity index is 1.37. The molecular weight excluding hydrogens is 791 g/mol. The highest BCUT2D eigenvalue weighted by Gasteiger charge is 2.44. The van der Waals surface area contributed by atoms with Gasteiger partial charge in [0.15, 0.2) is 5.71 Å². The Bertz CT molecular complexity index is 2500. The van der Waals surface area contributed by atoms with Crippen molar-refractivity contribution in [2.75, 3.05) is 34.4 Å². The first-order valence-electron chi connectivity index (χ1n) is 20.3. The molecule has 0 spiro atoms. The van der Waals surface area contributed by atoms with Crippen LogP contribution in [0.15, 0.2) is 156 Å². The molecule has 0 bridgehead atoms. The van der Waals surface area contributed by atoms with Gasteiger partial charge in [-0.05, 0) is 99.4 Å². The smallest absolute Gasteiger partial charge is 0.264 e. The monoisotopic (exact) mass is 844 g/mol. The van der Waals surface area contributed by atoms with E-state index in [1.165, 1.54) is 28.1 Å². The zero-order chi connectivity index (χ0) is 42.7. The third-order valence-corrected chi connectivity index (χ3v) is 13.1. The fourth-order valence-electron chi connectivity index (χ4n) is 8.73. The van der Waals surface area contributed by atoms with E-state index in [0.717, 1.165) is 70.2 Å². The van der Waals surface area contributed by atoms with Gasteiger partial charge in [-0.15, -0.1) is 4.33 Å². The van der Waals surface area contributed by atoms with E-state index in [1.807, 2.05) is 12.1 Å². The fourth-order valence-corrected chi connectivity index (χ4v) is 9.58. The van der Waals surface area contributed by atoms with Crippen molar-refractivity contribution in [3.05, 3.63) is 178 Å². The van der Waals surface area contributed by atoms with Crippen LogP contribution in [0.1, 0.15) is 62.8 Å². The number of fused-ring (bicyclic) bond motifs is 2. The lowest BCUT2D eigenvalue weighted by atomic mass is 9.80. The lowest BCUT2D eigenvalue weighted by Gasteiger charge is -2.29. The first kappa shape index (κ1) is 43.1. The molecule has 0 atom stereocenters. The summed E-state index contributed by atoms with van der Waals surface area (Å²) in [5, 5.41) is 12.5. The molecule has 0 aromatic heterocycles. The average Bonchev–Trinajstić information content (AvgIpc) is 3.77. The Hall–Kier alpha value is -5.01. The lowest BCUT2D eigenvalue weighted by molar-refractivity contribution is -0.438. The van der Waals surface area contributed by atoms with Gasteiger partial charge in [0, 0.05) is 76.6 Å². The Morgan fingerprint density at radius 1 is 0.800 bits per heavy atom. The normalized spacial score (nSPS) is 18.1. The number of nitrogens with zero attached hydrogens (tertiary/aromatic N) is 3. The second-order valence-corrected chi connectivity index (χ2v) is 18.9. The van der Waals surface area contributed by atoms with Crippen molar-refractivity contribution in [2.45, 2.75) is 65.2 Å². The van der Waals surface area contributed by atoms with E-state index in [-0.39, 0.29) is 23.0 Å². The van der Waals surface area contributed by atoms with E-state index >= 15 is 0 Å². The van der Waals surface area contributed by atoms with E-state index in [0.29, 0.717) is 12.3 Å². The molecule has 11 heteroatoms. The minimum absolute atomic E-state index is 0.277.